The van der Waals surface area contributed by atoms with Crippen LogP contribution in [0.25, 0.3) is 0 Å². The maximum Gasteiger partial charge on any atom is 0.00415 e. The zero-order chi connectivity index (χ0) is 14.9. The predicted molar refractivity (Wildman–Crippen MR) is 93.4 cm³/mol. The van der Waals surface area contributed by atoms with E-state index in [1.807, 2.05) is 0 Å². The van der Waals surface area contributed by atoms with Crippen molar-refractivity contribution in [3.05, 3.63) is 0 Å². The highest BCUT2D eigenvalue weighted by molar-refractivity contribution is 4.91. The first-order valence-electron chi connectivity index (χ1n) is 10.0. The van der Waals surface area contributed by atoms with E-state index in [4.69, 9.17) is 5.73 Å². The summed E-state index contributed by atoms with van der Waals surface area (Å²) in [7, 11) is 0. The van der Waals surface area contributed by atoms with Gasteiger partial charge in [0.25, 0.3) is 0 Å². The average molecular weight is 294 g/mol. The molecular formula is C20H39N. The normalized spacial score (nSPS) is 29.1. The van der Waals surface area contributed by atoms with Crippen molar-refractivity contribution in [3.63, 3.8) is 0 Å². The van der Waals surface area contributed by atoms with Crippen molar-refractivity contribution in [2.75, 3.05) is 0 Å². The molecule has 124 valence electrons. The summed E-state index contributed by atoms with van der Waals surface area (Å²) in [6.45, 7) is 2.29. The fourth-order valence-corrected chi connectivity index (χ4v) is 4.89. The van der Waals surface area contributed by atoms with Crippen LogP contribution >= 0.6 is 0 Å². The molecule has 2 N–H and O–H groups in total. The summed E-state index contributed by atoms with van der Waals surface area (Å²) in [5, 5.41) is 0. The molecule has 21 heavy (non-hydrogen) atoms. The standard InChI is InChI=1S/C20H39N/c1-2-3-4-5-6-7-8-9-10-11-20(21)16-19-15-17-12-13-18(19)14-17/h17-20H,2-16,21H2,1H3. The molecule has 1 heteroatoms. The fourth-order valence-electron chi connectivity index (χ4n) is 4.89. The van der Waals surface area contributed by atoms with Gasteiger partial charge in [0.15, 0.2) is 0 Å². The smallest absolute Gasteiger partial charge is 0.00415 e. The van der Waals surface area contributed by atoms with Crippen LogP contribution in [0.1, 0.15) is 103 Å². The van der Waals surface area contributed by atoms with E-state index in [2.05, 4.69) is 6.92 Å². The Balaban J connectivity index is 1.39. The Morgan fingerprint density at radius 2 is 1.52 bits per heavy atom. The van der Waals surface area contributed by atoms with Crippen molar-refractivity contribution in [3.8, 4) is 0 Å². The largest absolute Gasteiger partial charge is 0.328 e. The minimum atomic E-state index is 0.499. The highest BCUT2D eigenvalue weighted by atomic mass is 14.6. The third-order valence-electron chi connectivity index (χ3n) is 6.17. The fraction of sp³-hybridized carbons (Fsp3) is 1.00. The molecule has 2 fully saturated rings. The van der Waals surface area contributed by atoms with Gasteiger partial charge in [-0.15, -0.1) is 0 Å². The first-order valence-corrected chi connectivity index (χ1v) is 10.0. The lowest BCUT2D eigenvalue weighted by atomic mass is 9.83. The molecular weight excluding hydrogens is 254 g/mol. The first-order chi connectivity index (χ1) is 10.3. The van der Waals surface area contributed by atoms with E-state index in [0.717, 1.165) is 17.8 Å². The van der Waals surface area contributed by atoms with Gasteiger partial charge in [0.2, 0.25) is 0 Å². The third-order valence-corrected chi connectivity index (χ3v) is 6.17. The van der Waals surface area contributed by atoms with Gasteiger partial charge in [0.1, 0.15) is 0 Å². The van der Waals surface area contributed by atoms with Gasteiger partial charge < -0.3 is 5.73 Å². The summed E-state index contributed by atoms with van der Waals surface area (Å²) in [5.74, 6) is 3.14. The van der Waals surface area contributed by atoms with Crippen molar-refractivity contribution in [2.45, 2.75) is 109 Å². The van der Waals surface area contributed by atoms with Crippen LogP contribution in [0.4, 0.5) is 0 Å². The molecule has 0 saturated heterocycles. The monoisotopic (exact) mass is 293 g/mol. The van der Waals surface area contributed by atoms with E-state index in [-0.39, 0.29) is 0 Å². The average Bonchev–Trinajstić information content (AvgIpc) is 3.08. The second-order valence-electron chi connectivity index (χ2n) is 8.05. The van der Waals surface area contributed by atoms with E-state index in [9.17, 15) is 0 Å². The molecule has 4 unspecified atom stereocenters. The van der Waals surface area contributed by atoms with Crippen LogP contribution in [0.5, 0.6) is 0 Å². The van der Waals surface area contributed by atoms with Crippen LogP contribution in [-0.2, 0) is 0 Å². The Labute approximate surface area is 133 Å². The van der Waals surface area contributed by atoms with Crippen molar-refractivity contribution in [1.82, 2.24) is 0 Å². The lowest BCUT2D eigenvalue weighted by Crippen LogP contribution is -2.26. The summed E-state index contributed by atoms with van der Waals surface area (Å²) in [6.07, 6.45) is 21.5. The van der Waals surface area contributed by atoms with Crippen LogP contribution in [0.15, 0.2) is 0 Å². The molecule has 2 bridgehead atoms. The maximum absolute atomic E-state index is 6.38. The minimum Gasteiger partial charge on any atom is -0.328 e. The van der Waals surface area contributed by atoms with Crippen molar-refractivity contribution in [1.29, 1.82) is 0 Å². The van der Waals surface area contributed by atoms with Crippen LogP contribution in [0, 0.1) is 17.8 Å². The van der Waals surface area contributed by atoms with E-state index < -0.39 is 0 Å². The minimum absolute atomic E-state index is 0.499. The van der Waals surface area contributed by atoms with Gasteiger partial charge in [-0.2, -0.15) is 0 Å². The van der Waals surface area contributed by atoms with Crippen LogP contribution in [-0.4, -0.2) is 6.04 Å². The van der Waals surface area contributed by atoms with Crippen LogP contribution in [0.3, 0.4) is 0 Å². The van der Waals surface area contributed by atoms with Crippen LogP contribution in [0.2, 0.25) is 0 Å². The molecule has 2 aliphatic carbocycles. The number of unbranched alkanes of at least 4 members (excludes halogenated alkanes) is 8. The summed E-state index contributed by atoms with van der Waals surface area (Å²) in [6, 6.07) is 0.499. The lowest BCUT2D eigenvalue weighted by molar-refractivity contribution is 0.288. The molecule has 2 aliphatic rings. The number of fused-ring (bicyclic) bond motifs is 2. The Kier molecular flexibility index (Phi) is 8.14. The summed E-state index contributed by atoms with van der Waals surface area (Å²) >= 11 is 0. The van der Waals surface area contributed by atoms with Gasteiger partial charge in [-0.3, -0.25) is 0 Å². The maximum atomic E-state index is 6.38. The summed E-state index contributed by atoms with van der Waals surface area (Å²) in [4.78, 5) is 0. The number of nitrogens with two attached hydrogens (primary N) is 1. The number of hydrogen-bond donors (Lipinski definition) is 1. The summed E-state index contributed by atoms with van der Waals surface area (Å²) in [5.41, 5.74) is 6.38. The Hall–Kier alpha value is -0.0400. The van der Waals surface area contributed by atoms with Gasteiger partial charge in [0.05, 0.1) is 0 Å². The molecule has 0 aromatic carbocycles. The van der Waals surface area contributed by atoms with Gasteiger partial charge in [-0.05, 0) is 49.9 Å². The Morgan fingerprint density at radius 3 is 2.10 bits per heavy atom. The van der Waals surface area contributed by atoms with Crippen LogP contribution < -0.4 is 5.73 Å². The number of rotatable bonds is 12. The highest BCUT2D eigenvalue weighted by Crippen LogP contribution is 2.49. The Morgan fingerprint density at radius 1 is 0.857 bits per heavy atom. The van der Waals surface area contributed by atoms with Gasteiger partial charge in [0, 0.05) is 6.04 Å². The molecule has 4 atom stereocenters. The van der Waals surface area contributed by atoms with Gasteiger partial charge >= 0.3 is 0 Å². The zero-order valence-corrected chi connectivity index (χ0v) is 14.5. The second-order valence-corrected chi connectivity index (χ2v) is 8.05. The van der Waals surface area contributed by atoms with Crippen molar-refractivity contribution in [2.24, 2.45) is 23.5 Å². The molecule has 2 rings (SSSR count). The predicted octanol–water partition coefficient (Wildman–Crippen LogP) is 6.06. The zero-order valence-electron chi connectivity index (χ0n) is 14.5. The molecule has 0 aliphatic heterocycles. The first kappa shape index (κ1) is 17.3. The van der Waals surface area contributed by atoms with Crippen molar-refractivity contribution >= 4 is 0 Å². The molecule has 0 radical (unpaired) electrons. The molecule has 0 aromatic heterocycles. The SMILES string of the molecule is CCCCCCCCCCCC(N)CC1CC2CCC1C2. The quantitative estimate of drug-likeness (QED) is 0.435. The molecule has 0 heterocycles. The molecule has 0 amide bonds. The second kappa shape index (κ2) is 9.87. The van der Waals surface area contributed by atoms with E-state index >= 15 is 0 Å². The number of hydrogen-bond acceptors (Lipinski definition) is 1. The summed E-state index contributed by atoms with van der Waals surface area (Å²) < 4.78 is 0. The van der Waals surface area contributed by atoms with Gasteiger partial charge in [-0.25, -0.2) is 0 Å². The van der Waals surface area contributed by atoms with E-state index in [0.29, 0.717) is 6.04 Å². The highest BCUT2D eigenvalue weighted by Gasteiger charge is 2.39. The lowest BCUT2D eigenvalue weighted by Gasteiger charge is -2.24. The van der Waals surface area contributed by atoms with Crippen molar-refractivity contribution < 1.29 is 0 Å². The Bertz CT molecular complexity index is 263. The molecule has 0 spiro atoms. The van der Waals surface area contributed by atoms with Gasteiger partial charge in [-0.1, -0.05) is 71.1 Å². The third kappa shape index (κ3) is 6.30. The topological polar surface area (TPSA) is 26.0 Å². The molecule has 1 nitrogen and oxygen atoms in total. The van der Waals surface area contributed by atoms with E-state index in [1.54, 1.807) is 0 Å². The molecule has 0 aromatic rings. The van der Waals surface area contributed by atoms with E-state index in [1.165, 1.54) is 96.3 Å². The molecule has 2 saturated carbocycles.